The highest BCUT2D eigenvalue weighted by atomic mass is 35.5. The Morgan fingerprint density at radius 2 is 2.25 bits per heavy atom. The van der Waals surface area contributed by atoms with Crippen LogP contribution in [-0.4, -0.2) is 5.91 Å². The summed E-state index contributed by atoms with van der Waals surface area (Å²) in [7, 11) is 0. The van der Waals surface area contributed by atoms with Crippen LogP contribution in [0.5, 0.6) is 0 Å². The quantitative estimate of drug-likeness (QED) is 0.773. The van der Waals surface area contributed by atoms with Gasteiger partial charge in [0.25, 0.3) is 5.91 Å². The summed E-state index contributed by atoms with van der Waals surface area (Å²) in [5, 5.41) is 11.3. The molecule has 0 aliphatic heterocycles. The standard InChI is InChI=1S/C11H10ClN3O/c12-10(6-14)11(16)15-7-9-4-2-1-3-8(9)5-13/h1-4,6H,7,14H2,(H,15,16)/b10-6+. The number of halogens is 1. The monoisotopic (exact) mass is 235 g/mol. The number of nitrogens with two attached hydrogens (primary N) is 1. The van der Waals surface area contributed by atoms with Gasteiger partial charge in [-0.25, -0.2) is 0 Å². The first kappa shape index (κ1) is 12.1. The number of nitriles is 1. The average Bonchev–Trinajstić information content (AvgIpc) is 2.35. The fourth-order valence-corrected chi connectivity index (χ4v) is 1.19. The van der Waals surface area contributed by atoms with Crippen LogP contribution in [0.3, 0.4) is 0 Å². The maximum Gasteiger partial charge on any atom is 0.264 e. The van der Waals surface area contributed by atoms with Crippen LogP contribution in [0.1, 0.15) is 11.1 Å². The van der Waals surface area contributed by atoms with Gasteiger partial charge in [0, 0.05) is 12.7 Å². The van der Waals surface area contributed by atoms with E-state index in [1.807, 2.05) is 6.07 Å². The van der Waals surface area contributed by atoms with Gasteiger partial charge in [-0.15, -0.1) is 0 Å². The van der Waals surface area contributed by atoms with Gasteiger partial charge in [-0.1, -0.05) is 29.8 Å². The Kier molecular flexibility index (Phi) is 4.37. The molecule has 1 aromatic carbocycles. The van der Waals surface area contributed by atoms with Crippen molar-refractivity contribution < 1.29 is 4.79 Å². The Hall–Kier alpha value is -1.99. The van der Waals surface area contributed by atoms with Gasteiger partial charge in [0.1, 0.15) is 5.03 Å². The Labute approximate surface area is 98.3 Å². The molecule has 4 nitrogen and oxygen atoms in total. The molecule has 1 amide bonds. The van der Waals surface area contributed by atoms with Gasteiger partial charge in [0.05, 0.1) is 11.6 Å². The van der Waals surface area contributed by atoms with Crippen molar-refractivity contribution in [3.8, 4) is 6.07 Å². The maximum atomic E-state index is 11.3. The Morgan fingerprint density at radius 1 is 1.56 bits per heavy atom. The zero-order chi connectivity index (χ0) is 12.0. The lowest BCUT2D eigenvalue weighted by atomic mass is 10.1. The second-order valence-electron chi connectivity index (χ2n) is 2.97. The average molecular weight is 236 g/mol. The van der Waals surface area contributed by atoms with Crippen LogP contribution >= 0.6 is 11.6 Å². The van der Waals surface area contributed by atoms with Gasteiger partial charge in [-0.2, -0.15) is 5.26 Å². The molecule has 0 saturated carbocycles. The first-order valence-electron chi connectivity index (χ1n) is 4.52. The summed E-state index contributed by atoms with van der Waals surface area (Å²) in [6.45, 7) is 0.243. The molecule has 0 bridgehead atoms. The molecule has 0 aliphatic rings. The van der Waals surface area contributed by atoms with E-state index >= 15 is 0 Å². The molecule has 0 saturated heterocycles. The van der Waals surface area contributed by atoms with Gasteiger partial charge in [0.15, 0.2) is 0 Å². The van der Waals surface area contributed by atoms with Crippen LogP contribution in [0.15, 0.2) is 35.5 Å². The minimum Gasteiger partial charge on any atom is -0.403 e. The fraction of sp³-hybridized carbons (Fsp3) is 0.0909. The van der Waals surface area contributed by atoms with Gasteiger partial charge < -0.3 is 11.1 Å². The largest absolute Gasteiger partial charge is 0.403 e. The topological polar surface area (TPSA) is 78.9 Å². The molecule has 0 fully saturated rings. The third-order valence-corrected chi connectivity index (χ3v) is 2.24. The number of nitrogens with zero attached hydrogens (tertiary/aromatic N) is 1. The molecule has 3 N–H and O–H groups in total. The van der Waals surface area contributed by atoms with Crippen molar-refractivity contribution in [1.82, 2.24) is 5.32 Å². The summed E-state index contributed by atoms with van der Waals surface area (Å²) >= 11 is 5.51. The third-order valence-electron chi connectivity index (χ3n) is 1.94. The Balaban J connectivity index is 2.69. The number of nitrogens with one attached hydrogen (secondary N) is 1. The molecular weight excluding hydrogens is 226 g/mol. The molecule has 0 unspecified atom stereocenters. The van der Waals surface area contributed by atoms with Crippen molar-refractivity contribution in [3.63, 3.8) is 0 Å². The highest BCUT2D eigenvalue weighted by Gasteiger charge is 2.06. The van der Waals surface area contributed by atoms with E-state index in [1.165, 1.54) is 0 Å². The van der Waals surface area contributed by atoms with E-state index in [2.05, 4.69) is 5.32 Å². The summed E-state index contributed by atoms with van der Waals surface area (Å²) in [6, 6.07) is 9.04. The predicted octanol–water partition coefficient (Wildman–Crippen LogP) is 1.21. The molecule has 0 aromatic heterocycles. The van der Waals surface area contributed by atoms with Crippen molar-refractivity contribution in [2.45, 2.75) is 6.54 Å². The van der Waals surface area contributed by atoms with E-state index in [9.17, 15) is 4.79 Å². The first-order valence-corrected chi connectivity index (χ1v) is 4.90. The van der Waals surface area contributed by atoms with Crippen molar-refractivity contribution in [2.24, 2.45) is 5.73 Å². The Bertz CT molecular complexity index is 463. The van der Waals surface area contributed by atoms with Crippen LogP contribution in [0.2, 0.25) is 0 Å². The molecule has 1 aromatic rings. The van der Waals surface area contributed by atoms with Crippen molar-refractivity contribution in [1.29, 1.82) is 5.26 Å². The van der Waals surface area contributed by atoms with Crippen molar-refractivity contribution in [2.75, 3.05) is 0 Å². The van der Waals surface area contributed by atoms with Crippen LogP contribution in [0, 0.1) is 11.3 Å². The van der Waals surface area contributed by atoms with Gasteiger partial charge in [-0.3, -0.25) is 4.79 Å². The first-order chi connectivity index (χ1) is 7.69. The molecule has 82 valence electrons. The number of benzene rings is 1. The van der Waals surface area contributed by atoms with Crippen LogP contribution in [-0.2, 0) is 11.3 Å². The van der Waals surface area contributed by atoms with E-state index in [0.29, 0.717) is 5.56 Å². The summed E-state index contributed by atoms with van der Waals surface area (Å²) in [5.74, 6) is -0.461. The molecule has 0 atom stereocenters. The van der Waals surface area contributed by atoms with E-state index in [0.717, 1.165) is 11.8 Å². The third kappa shape index (κ3) is 3.01. The van der Waals surface area contributed by atoms with E-state index in [4.69, 9.17) is 22.6 Å². The molecular formula is C11H10ClN3O. The highest BCUT2D eigenvalue weighted by Crippen LogP contribution is 2.07. The normalized spacial score (nSPS) is 10.6. The van der Waals surface area contributed by atoms with Gasteiger partial charge in [0.2, 0.25) is 0 Å². The van der Waals surface area contributed by atoms with Crippen molar-refractivity contribution >= 4 is 17.5 Å². The molecule has 0 heterocycles. The summed E-state index contributed by atoms with van der Waals surface area (Å²) in [4.78, 5) is 11.3. The molecule has 0 spiro atoms. The smallest absolute Gasteiger partial charge is 0.264 e. The zero-order valence-electron chi connectivity index (χ0n) is 8.40. The molecule has 0 radical (unpaired) electrons. The Morgan fingerprint density at radius 3 is 2.88 bits per heavy atom. The second kappa shape index (κ2) is 5.79. The van der Waals surface area contributed by atoms with Gasteiger partial charge in [-0.05, 0) is 11.6 Å². The summed E-state index contributed by atoms with van der Waals surface area (Å²) < 4.78 is 0. The fourth-order valence-electron chi connectivity index (χ4n) is 1.12. The van der Waals surface area contributed by atoms with Crippen LogP contribution in [0.4, 0.5) is 0 Å². The number of carbonyl (C=O) groups is 1. The van der Waals surface area contributed by atoms with Crippen LogP contribution < -0.4 is 11.1 Å². The number of carbonyl (C=O) groups excluding carboxylic acids is 1. The molecule has 5 heteroatoms. The minimum atomic E-state index is -0.461. The van der Waals surface area contributed by atoms with E-state index < -0.39 is 5.91 Å². The lowest BCUT2D eigenvalue weighted by molar-refractivity contribution is -0.117. The minimum absolute atomic E-state index is 0.0746. The predicted molar refractivity (Wildman–Crippen MR) is 61.1 cm³/mol. The molecule has 1 rings (SSSR count). The zero-order valence-corrected chi connectivity index (χ0v) is 9.16. The number of rotatable bonds is 3. The summed E-state index contributed by atoms with van der Waals surface area (Å²) in [6.07, 6.45) is 1.02. The lowest BCUT2D eigenvalue weighted by Gasteiger charge is -2.05. The van der Waals surface area contributed by atoms with E-state index in [1.54, 1.807) is 24.3 Å². The SMILES string of the molecule is N#Cc1ccccc1CNC(=O)/C(Cl)=C\N. The van der Waals surface area contributed by atoms with E-state index in [-0.39, 0.29) is 11.6 Å². The number of amides is 1. The number of hydrogen-bond acceptors (Lipinski definition) is 3. The second-order valence-corrected chi connectivity index (χ2v) is 3.37. The van der Waals surface area contributed by atoms with Gasteiger partial charge >= 0.3 is 0 Å². The van der Waals surface area contributed by atoms with Crippen LogP contribution in [0.25, 0.3) is 0 Å². The summed E-state index contributed by atoms with van der Waals surface area (Å²) in [5.41, 5.74) is 6.35. The lowest BCUT2D eigenvalue weighted by Crippen LogP contribution is -2.23. The maximum absolute atomic E-state index is 11.3. The highest BCUT2D eigenvalue weighted by molar-refractivity contribution is 6.42. The molecule has 16 heavy (non-hydrogen) atoms. The van der Waals surface area contributed by atoms with Crippen molar-refractivity contribution in [3.05, 3.63) is 46.6 Å². The molecule has 0 aliphatic carbocycles. The number of hydrogen-bond donors (Lipinski definition) is 2.